The average Bonchev–Trinajstić information content (AvgIpc) is 2.74. The van der Waals surface area contributed by atoms with Gasteiger partial charge >= 0.3 is 0 Å². The normalized spacial score (nSPS) is 10.5. The molecule has 0 atom stereocenters. The minimum atomic E-state index is -0.379. The van der Waals surface area contributed by atoms with Gasteiger partial charge in [-0.05, 0) is 13.3 Å². The Balaban J connectivity index is 2.12. The third kappa shape index (κ3) is 2.41. The zero-order valence-corrected chi connectivity index (χ0v) is 9.79. The highest BCUT2D eigenvalue weighted by molar-refractivity contribution is 5.38. The van der Waals surface area contributed by atoms with E-state index in [0.717, 1.165) is 11.3 Å². The molecule has 2 aromatic rings. The minimum absolute atomic E-state index is 0.234. The molecule has 0 saturated carbocycles. The summed E-state index contributed by atoms with van der Waals surface area (Å²) in [5, 5.41) is 9.67. The van der Waals surface area contributed by atoms with E-state index in [1.165, 1.54) is 6.33 Å². The van der Waals surface area contributed by atoms with Crippen molar-refractivity contribution in [2.75, 3.05) is 5.32 Å². The average molecular weight is 235 g/mol. The van der Waals surface area contributed by atoms with Crippen molar-refractivity contribution in [2.24, 2.45) is 0 Å². The highest BCUT2D eigenvalue weighted by atomic mass is 19.1. The van der Waals surface area contributed by atoms with Gasteiger partial charge < -0.3 is 5.32 Å². The molecule has 5 nitrogen and oxygen atoms in total. The molecule has 0 saturated heterocycles. The van der Waals surface area contributed by atoms with Crippen LogP contribution in [-0.4, -0.2) is 20.2 Å². The lowest BCUT2D eigenvalue weighted by Crippen LogP contribution is -2.07. The van der Waals surface area contributed by atoms with Gasteiger partial charge in [-0.2, -0.15) is 5.10 Å². The van der Waals surface area contributed by atoms with Gasteiger partial charge in [-0.25, -0.2) is 14.4 Å². The Morgan fingerprint density at radius 2 is 2.24 bits per heavy atom. The number of hydrogen-bond donors (Lipinski definition) is 2. The van der Waals surface area contributed by atoms with Crippen LogP contribution in [0.1, 0.15) is 23.9 Å². The summed E-state index contributed by atoms with van der Waals surface area (Å²) in [5.41, 5.74) is 2.37. The van der Waals surface area contributed by atoms with E-state index < -0.39 is 0 Å². The van der Waals surface area contributed by atoms with Crippen LogP contribution in [0.5, 0.6) is 0 Å². The Kier molecular flexibility index (Phi) is 3.32. The number of nitrogens with one attached hydrogen (secondary N) is 2. The van der Waals surface area contributed by atoms with E-state index in [2.05, 4.69) is 25.5 Å². The van der Waals surface area contributed by atoms with Crippen molar-refractivity contribution >= 4 is 5.82 Å². The summed E-state index contributed by atoms with van der Waals surface area (Å²) in [5.74, 6) is -0.145. The van der Waals surface area contributed by atoms with Gasteiger partial charge in [0.1, 0.15) is 6.33 Å². The Hall–Kier alpha value is -1.98. The second-order valence-electron chi connectivity index (χ2n) is 3.71. The van der Waals surface area contributed by atoms with Gasteiger partial charge in [0.15, 0.2) is 11.6 Å². The van der Waals surface area contributed by atoms with Crippen LogP contribution < -0.4 is 5.32 Å². The lowest BCUT2D eigenvalue weighted by atomic mass is 10.2. The van der Waals surface area contributed by atoms with Gasteiger partial charge in [0, 0.05) is 17.8 Å². The summed E-state index contributed by atoms with van der Waals surface area (Å²) in [6.45, 7) is 4.26. The zero-order valence-electron chi connectivity index (χ0n) is 9.79. The third-order valence-electron chi connectivity index (χ3n) is 2.58. The van der Waals surface area contributed by atoms with Crippen LogP contribution >= 0.6 is 0 Å². The van der Waals surface area contributed by atoms with Crippen molar-refractivity contribution in [1.29, 1.82) is 0 Å². The Morgan fingerprint density at radius 3 is 2.88 bits per heavy atom. The van der Waals surface area contributed by atoms with Crippen LogP contribution in [0.2, 0.25) is 0 Å². The second kappa shape index (κ2) is 4.90. The molecule has 17 heavy (non-hydrogen) atoms. The largest absolute Gasteiger partial charge is 0.363 e. The third-order valence-corrected chi connectivity index (χ3v) is 2.58. The van der Waals surface area contributed by atoms with Crippen molar-refractivity contribution in [2.45, 2.75) is 26.8 Å². The van der Waals surface area contributed by atoms with Crippen LogP contribution in [0.25, 0.3) is 0 Å². The van der Waals surface area contributed by atoms with E-state index in [1.807, 2.05) is 13.8 Å². The SMILES string of the molecule is CCc1ncnc(NCc2cn[nH]c2C)c1F. The summed E-state index contributed by atoms with van der Waals surface area (Å²) >= 11 is 0. The van der Waals surface area contributed by atoms with Crippen LogP contribution in [-0.2, 0) is 13.0 Å². The number of aromatic amines is 1. The number of halogens is 1. The molecule has 0 aliphatic rings. The molecule has 0 spiro atoms. The Morgan fingerprint density at radius 1 is 1.41 bits per heavy atom. The predicted molar refractivity (Wildman–Crippen MR) is 62.0 cm³/mol. The molecule has 0 aliphatic heterocycles. The molecule has 90 valence electrons. The second-order valence-corrected chi connectivity index (χ2v) is 3.71. The molecule has 0 unspecified atom stereocenters. The molecular weight excluding hydrogens is 221 g/mol. The van der Waals surface area contributed by atoms with Crippen molar-refractivity contribution < 1.29 is 4.39 Å². The first-order chi connectivity index (χ1) is 8.22. The summed E-state index contributed by atoms with van der Waals surface area (Å²) in [6.07, 6.45) is 3.63. The first-order valence-electron chi connectivity index (χ1n) is 5.44. The molecule has 0 aliphatic carbocycles. The molecule has 0 fully saturated rings. The summed E-state index contributed by atoms with van der Waals surface area (Å²) in [4.78, 5) is 7.76. The van der Waals surface area contributed by atoms with Gasteiger partial charge in [-0.1, -0.05) is 6.92 Å². The van der Waals surface area contributed by atoms with Gasteiger partial charge in [-0.3, -0.25) is 5.10 Å². The maximum atomic E-state index is 13.8. The lowest BCUT2D eigenvalue weighted by Gasteiger charge is -2.07. The summed E-state index contributed by atoms with van der Waals surface area (Å²) in [7, 11) is 0. The van der Waals surface area contributed by atoms with E-state index in [-0.39, 0.29) is 11.6 Å². The molecule has 0 bridgehead atoms. The van der Waals surface area contributed by atoms with Crippen molar-refractivity contribution in [3.8, 4) is 0 Å². The fraction of sp³-hybridized carbons (Fsp3) is 0.364. The fourth-order valence-electron chi connectivity index (χ4n) is 1.51. The van der Waals surface area contributed by atoms with E-state index in [4.69, 9.17) is 0 Å². The van der Waals surface area contributed by atoms with Crippen LogP contribution in [0, 0.1) is 12.7 Å². The van der Waals surface area contributed by atoms with Crippen LogP contribution in [0.4, 0.5) is 10.2 Å². The van der Waals surface area contributed by atoms with E-state index in [0.29, 0.717) is 18.7 Å². The molecule has 6 heteroatoms. The van der Waals surface area contributed by atoms with E-state index in [9.17, 15) is 4.39 Å². The quantitative estimate of drug-likeness (QED) is 0.848. The number of aromatic nitrogens is 4. The van der Waals surface area contributed by atoms with Crippen LogP contribution in [0.15, 0.2) is 12.5 Å². The highest BCUT2D eigenvalue weighted by Gasteiger charge is 2.09. The molecule has 2 rings (SSSR count). The Bertz CT molecular complexity index is 508. The predicted octanol–water partition coefficient (Wildman–Crippen LogP) is 1.82. The van der Waals surface area contributed by atoms with E-state index >= 15 is 0 Å². The summed E-state index contributed by atoms with van der Waals surface area (Å²) < 4.78 is 13.8. The Labute approximate surface area is 98.5 Å². The van der Waals surface area contributed by atoms with Crippen molar-refractivity contribution in [3.63, 3.8) is 0 Å². The number of rotatable bonds is 4. The fourth-order valence-corrected chi connectivity index (χ4v) is 1.51. The topological polar surface area (TPSA) is 66.5 Å². The summed E-state index contributed by atoms with van der Waals surface area (Å²) in [6, 6.07) is 0. The standard InChI is InChI=1S/C11H14FN5/c1-3-9-10(12)11(15-6-14-9)13-4-8-5-16-17-7(8)2/h5-6H,3-4H2,1-2H3,(H,16,17)(H,13,14,15). The van der Waals surface area contributed by atoms with Crippen molar-refractivity contribution in [3.05, 3.63) is 35.3 Å². The van der Waals surface area contributed by atoms with Crippen LogP contribution in [0.3, 0.4) is 0 Å². The minimum Gasteiger partial charge on any atom is -0.363 e. The molecule has 0 radical (unpaired) electrons. The number of hydrogen-bond acceptors (Lipinski definition) is 4. The molecule has 2 aromatic heterocycles. The first-order valence-corrected chi connectivity index (χ1v) is 5.44. The first kappa shape index (κ1) is 11.5. The number of anilines is 1. The number of nitrogens with zero attached hydrogens (tertiary/aromatic N) is 3. The number of aryl methyl sites for hydroxylation is 2. The maximum absolute atomic E-state index is 13.8. The lowest BCUT2D eigenvalue weighted by molar-refractivity contribution is 0.596. The van der Waals surface area contributed by atoms with Gasteiger partial charge in [0.05, 0.1) is 11.9 Å². The van der Waals surface area contributed by atoms with E-state index in [1.54, 1.807) is 6.20 Å². The van der Waals surface area contributed by atoms with Gasteiger partial charge in [0.2, 0.25) is 0 Å². The maximum Gasteiger partial charge on any atom is 0.186 e. The van der Waals surface area contributed by atoms with Gasteiger partial charge in [-0.15, -0.1) is 0 Å². The molecule has 0 amide bonds. The monoisotopic (exact) mass is 235 g/mol. The molecule has 2 heterocycles. The highest BCUT2D eigenvalue weighted by Crippen LogP contribution is 2.14. The number of H-pyrrole nitrogens is 1. The smallest absolute Gasteiger partial charge is 0.186 e. The molecule has 2 N–H and O–H groups in total. The molecular formula is C11H14FN5. The van der Waals surface area contributed by atoms with Crippen molar-refractivity contribution in [1.82, 2.24) is 20.2 Å². The van der Waals surface area contributed by atoms with Gasteiger partial charge in [0.25, 0.3) is 0 Å². The molecule has 0 aromatic carbocycles. The zero-order chi connectivity index (χ0) is 12.3.